The zero-order chi connectivity index (χ0) is 16.0. The molecule has 0 heterocycles. The molecule has 0 saturated heterocycles. The Labute approximate surface area is 123 Å². The van der Waals surface area contributed by atoms with Crippen LogP contribution >= 0.6 is 0 Å². The highest BCUT2D eigenvalue weighted by atomic mass is 16.6. The molecule has 1 aromatic carbocycles. The van der Waals surface area contributed by atoms with Gasteiger partial charge in [0.1, 0.15) is 18.4 Å². The minimum Gasteiger partial charge on any atom is -0.491 e. The molecule has 0 bridgehead atoms. The average Bonchev–Trinajstić information content (AvgIpc) is 2.41. The standard InChI is InChI=1S/C14H20N2O5/c1-9(2)15-12(14(17)20-4)8-21-11-5-6-13(16(18)19)10(3)7-11/h5-7,9,12,15H,8H2,1-4H3. The lowest BCUT2D eigenvalue weighted by atomic mass is 10.2. The van der Waals surface area contributed by atoms with Crippen molar-refractivity contribution in [3.63, 3.8) is 0 Å². The van der Waals surface area contributed by atoms with E-state index < -0.39 is 16.9 Å². The summed E-state index contributed by atoms with van der Waals surface area (Å²) in [5.41, 5.74) is 0.538. The van der Waals surface area contributed by atoms with Crippen molar-refractivity contribution in [2.45, 2.75) is 32.9 Å². The number of nitrogens with zero attached hydrogens (tertiary/aromatic N) is 1. The van der Waals surface area contributed by atoms with Crippen molar-refractivity contribution >= 4 is 11.7 Å². The van der Waals surface area contributed by atoms with E-state index in [1.54, 1.807) is 13.0 Å². The smallest absolute Gasteiger partial charge is 0.326 e. The number of hydrogen-bond acceptors (Lipinski definition) is 6. The van der Waals surface area contributed by atoms with Crippen LogP contribution in [0.5, 0.6) is 5.75 Å². The molecule has 7 heteroatoms. The number of ether oxygens (including phenoxy) is 2. The Hall–Kier alpha value is -2.15. The van der Waals surface area contributed by atoms with Gasteiger partial charge in [0, 0.05) is 17.7 Å². The quantitative estimate of drug-likeness (QED) is 0.469. The minimum absolute atomic E-state index is 0.0344. The number of methoxy groups -OCH3 is 1. The molecule has 0 aliphatic heterocycles. The number of aryl methyl sites for hydroxylation is 1. The summed E-state index contributed by atoms with van der Waals surface area (Å²) in [6.45, 7) is 5.54. The van der Waals surface area contributed by atoms with Crippen LogP contribution in [0.1, 0.15) is 19.4 Å². The Morgan fingerprint density at radius 3 is 2.57 bits per heavy atom. The van der Waals surface area contributed by atoms with Crippen molar-refractivity contribution < 1.29 is 19.2 Å². The number of rotatable bonds is 7. The van der Waals surface area contributed by atoms with Gasteiger partial charge < -0.3 is 9.47 Å². The number of carbonyl (C=O) groups excluding carboxylic acids is 1. The normalized spacial score (nSPS) is 12.0. The van der Waals surface area contributed by atoms with Crippen LogP contribution in [0.4, 0.5) is 5.69 Å². The summed E-state index contributed by atoms with van der Waals surface area (Å²) in [5.74, 6) is 0.0555. The summed E-state index contributed by atoms with van der Waals surface area (Å²) < 4.78 is 10.2. The maximum atomic E-state index is 11.6. The Kier molecular flexibility index (Phi) is 6.10. The van der Waals surface area contributed by atoms with Crippen molar-refractivity contribution in [3.05, 3.63) is 33.9 Å². The molecule has 0 amide bonds. The molecule has 0 aliphatic rings. The average molecular weight is 296 g/mol. The van der Waals surface area contributed by atoms with E-state index in [9.17, 15) is 14.9 Å². The van der Waals surface area contributed by atoms with Crippen LogP contribution in [0.3, 0.4) is 0 Å². The summed E-state index contributed by atoms with van der Waals surface area (Å²) in [7, 11) is 1.31. The Bertz CT molecular complexity index is 516. The molecule has 0 spiro atoms. The third-order valence-electron chi connectivity index (χ3n) is 2.80. The van der Waals surface area contributed by atoms with Gasteiger partial charge in [-0.05, 0) is 19.1 Å². The highest BCUT2D eigenvalue weighted by Crippen LogP contribution is 2.23. The number of hydrogen-bond donors (Lipinski definition) is 1. The van der Waals surface area contributed by atoms with Gasteiger partial charge in [0.2, 0.25) is 0 Å². The second-order valence-electron chi connectivity index (χ2n) is 4.91. The van der Waals surface area contributed by atoms with Crippen molar-refractivity contribution in [3.8, 4) is 5.75 Å². The second-order valence-corrected chi connectivity index (χ2v) is 4.91. The molecule has 7 nitrogen and oxygen atoms in total. The Morgan fingerprint density at radius 1 is 1.43 bits per heavy atom. The van der Waals surface area contributed by atoms with Gasteiger partial charge in [0.25, 0.3) is 5.69 Å². The van der Waals surface area contributed by atoms with Crippen LogP contribution in [0.2, 0.25) is 0 Å². The molecular weight excluding hydrogens is 276 g/mol. The van der Waals surface area contributed by atoms with E-state index >= 15 is 0 Å². The number of nitrogens with one attached hydrogen (secondary N) is 1. The van der Waals surface area contributed by atoms with Crippen LogP contribution in [-0.4, -0.2) is 36.7 Å². The molecule has 21 heavy (non-hydrogen) atoms. The Balaban J connectivity index is 2.73. The fourth-order valence-electron chi connectivity index (χ4n) is 1.83. The molecule has 0 fully saturated rings. The molecule has 1 aromatic rings. The van der Waals surface area contributed by atoms with Crippen LogP contribution in [0.25, 0.3) is 0 Å². The first-order chi connectivity index (χ1) is 9.85. The fourth-order valence-corrected chi connectivity index (χ4v) is 1.83. The predicted molar refractivity (Wildman–Crippen MR) is 77.4 cm³/mol. The zero-order valence-electron chi connectivity index (χ0n) is 12.6. The van der Waals surface area contributed by atoms with Crippen molar-refractivity contribution in [2.24, 2.45) is 0 Å². The van der Waals surface area contributed by atoms with E-state index in [0.717, 1.165) is 0 Å². The SMILES string of the molecule is COC(=O)C(COc1ccc([N+](=O)[O-])c(C)c1)NC(C)C. The van der Waals surface area contributed by atoms with Gasteiger partial charge >= 0.3 is 5.97 Å². The number of benzene rings is 1. The molecule has 1 N–H and O–H groups in total. The summed E-state index contributed by atoms with van der Waals surface area (Å²) in [6.07, 6.45) is 0. The topological polar surface area (TPSA) is 90.7 Å². The molecule has 0 radical (unpaired) electrons. The van der Waals surface area contributed by atoms with E-state index in [0.29, 0.717) is 11.3 Å². The summed E-state index contributed by atoms with van der Waals surface area (Å²) in [4.78, 5) is 21.9. The number of carbonyl (C=O) groups is 1. The van der Waals surface area contributed by atoms with Gasteiger partial charge in [-0.15, -0.1) is 0 Å². The largest absolute Gasteiger partial charge is 0.491 e. The monoisotopic (exact) mass is 296 g/mol. The molecule has 0 aromatic heterocycles. The molecule has 0 aliphatic carbocycles. The number of nitro groups is 1. The molecule has 0 saturated carbocycles. The number of esters is 1. The lowest BCUT2D eigenvalue weighted by molar-refractivity contribution is -0.385. The first-order valence-corrected chi connectivity index (χ1v) is 6.57. The first kappa shape index (κ1) is 16.9. The predicted octanol–water partition coefficient (Wildman–Crippen LogP) is 1.82. The van der Waals surface area contributed by atoms with Gasteiger partial charge in [0.05, 0.1) is 12.0 Å². The molecule has 1 rings (SSSR count). The van der Waals surface area contributed by atoms with Crippen LogP contribution < -0.4 is 10.1 Å². The fraction of sp³-hybridized carbons (Fsp3) is 0.500. The molecule has 116 valence electrons. The summed E-state index contributed by atoms with van der Waals surface area (Å²) in [6, 6.07) is 3.96. The zero-order valence-corrected chi connectivity index (χ0v) is 12.6. The highest BCUT2D eigenvalue weighted by molar-refractivity contribution is 5.75. The van der Waals surface area contributed by atoms with Crippen LogP contribution in [0.15, 0.2) is 18.2 Å². The van der Waals surface area contributed by atoms with Gasteiger partial charge in [-0.25, -0.2) is 0 Å². The van der Waals surface area contributed by atoms with E-state index in [1.807, 2.05) is 13.8 Å². The van der Waals surface area contributed by atoms with Crippen LogP contribution in [-0.2, 0) is 9.53 Å². The number of nitro benzene ring substituents is 1. The maximum absolute atomic E-state index is 11.6. The van der Waals surface area contributed by atoms with Gasteiger partial charge in [0.15, 0.2) is 0 Å². The van der Waals surface area contributed by atoms with E-state index in [2.05, 4.69) is 5.32 Å². The van der Waals surface area contributed by atoms with Crippen molar-refractivity contribution in [1.82, 2.24) is 5.32 Å². The first-order valence-electron chi connectivity index (χ1n) is 6.57. The maximum Gasteiger partial charge on any atom is 0.326 e. The van der Waals surface area contributed by atoms with Crippen LogP contribution in [0, 0.1) is 17.0 Å². The van der Waals surface area contributed by atoms with Gasteiger partial charge in [-0.1, -0.05) is 13.8 Å². The highest BCUT2D eigenvalue weighted by Gasteiger charge is 2.21. The minimum atomic E-state index is -0.592. The molecular formula is C14H20N2O5. The van der Waals surface area contributed by atoms with Gasteiger partial charge in [-0.3, -0.25) is 20.2 Å². The Morgan fingerprint density at radius 2 is 2.10 bits per heavy atom. The summed E-state index contributed by atoms with van der Waals surface area (Å²) >= 11 is 0. The third-order valence-corrected chi connectivity index (χ3v) is 2.80. The molecule has 1 atom stereocenters. The molecule has 1 unspecified atom stereocenters. The summed E-state index contributed by atoms with van der Waals surface area (Å²) in [5, 5.41) is 13.8. The second kappa shape index (κ2) is 7.58. The van der Waals surface area contributed by atoms with Crippen molar-refractivity contribution in [1.29, 1.82) is 0 Å². The van der Waals surface area contributed by atoms with Crippen molar-refractivity contribution in [2.75, 3.05) is 13.7 Å². The lowest BCUT2D eigenvalue weighted by Gasteiger charge is -2.19. The van der Waals surface area contributed by atoms with E-state index in [-0.39, 0.29) is 18.3 Å². The lowest BCUT2D eigenvalue weighted by Crippen LogP contribution is -2.45. The van der Waals surface area contributed by atoms with Gasteiger partial charge in [-0.2, -0.15) is 0 Å². The third kappa shape index (κ3) is 5.03. The van der Waals surface area contributed by atoms with E-state index in [1.165, 1.54) is 19.2 Å². The van der Waals surface area contributed by atoms with E-state index in [4.69, 9.17) is 9.47 Å².